The molecule has 1 heterocycles. The van der Waals surface area contributed by atoms with Gasteiger partial charge in [-0.1, -0.05) is 17.7 Å². The van der Waals surface area contributed by atoms with Crippen molar-refractivity contribution in [2.45, 2.75) is 0 Å². The third kappa shape index (κ3) is 3.83. The van der Waals surface area contributed by atoms with E-state index in [1.54, 1.807) is 0 Å². The summed E-state index contributed by atoms with van der Waals surface area (Å²) in [5, 5.41) is 13.9. The molecule has 0 unspecified atom stereocenters. The number of hydrogen-bond donors (Lipinski definition) is 1. The maximum absolute atomic E-state index is 12.8. The quantitative estimate of drug-likeness (QED) is 0.531. The van der Waals surface area contributed by atoms with Crippen molar-refractivity contribution in [2.75, 3.05) is 0 Å². The highest BCUT2D eigenvalue weighted by Gasteiger charge is 2.12. The van der Waals surface area contributed by atoms with Gasteiger partial charge in [0.25, 0.3) is 11.6 Å². The first-order valence-electron chi connectivity index (χ1n) is 5.50. The van der Waals surface area contributed by atoms with Crippen molar-refractivity contribution in [1.29, 1.82) is 0 Å². The zero-order valence-electron chi connectivity index (χ0n) is 10.2. The number of carbonyl (C=O) groups excluding carboxylic acids is 1. The molecular formula is C12H7ClFN3O3S. The van der Waals surface area contributed by atoms with E-state index in [2.05, 4.69) is 10.5 Å². The van der Waals surface area contributed by atoms with Crippen LogP contribution in [0, 0.1) is 15.2 Å². The van der Waals surface area contributed by atoms with Crippen molar-refractivity contribution in [3.05, 3.63) is 61.0 Å². The summed E-state index contributed by atoms with van der Waals surface area (Å²) in [6, 6.07) is 6.60. The number of hydrogen-bond acceptors (Lipinski definition) is 5. The Hall–Kier alpha value is -2.32. The lowest BCUT2D eigenvalue weighted by Gasteiger charge is -1.98. The van der Waals surface area contributed by atoms with Crippen LogP contribution in [-0.2, 0) is 0 Å². The van der Waals surface area contributed by atoms with Crippen molar-refractivity contribution in [3.8, 4) is 0 Å². The van der Waals surface area contributed by atoms with E-state index in [0.717, 1.165) is 0 Å². The van der Waals surface area contributed by atoms with Gasteiger partial charge in [0.15, 0.2) is 5.13 Å². The summed E-state index contributed by atoms with van der Waals surface area (Å²) in [6.45, 7) is 0. The van der Waals surface area contributed by atoms with Crippen LogP contribution in [0.4, 0.5) is 10.1 Å². The molecule has 0 aliphatic heterocycles. The predicted molar refractivity (Wildman–Crippen MR) is 77.4 cm³/mol. The minimum Gasteiger partial charge on any atom is -0.266 e. The van der Waals surface area contributed by atoms with Crippen molar-refractivity contribution < 1.29 is 14.1 Å². The van der Waals surface area contributed by atoms with E-state index < -0.39 is 16.0 Å². The number of halogens is 2. The number of nitro benzene ring substituents is 1. The van der Waals surface area contributed by atoms with E-state index in [-0.39, 0.29) is 15.6 Å². The van der Waals surface area contributed by atoms with Gasteiger partial charge in [-0.15, -0.1) is 11.3 Å². The van der Waals surface area contributed by atoms with Gasteiger partial charge in [0.2, 0.25) is 0 Å². The number of nitrogens with one attached hydrogen (secondary N) is 1. The molecule has 2 aromatic rings. The smallest absolute Gasteiger partial charge is 0.266 e. The van der Waals surface area contributed by atoms with E-state index in [9.17, 15) is 19.3 Å². The lowest BCUT2D eigenvalue weighted by molar-refractivity contribution is -0.384. The number of hydrazone groups is 1. The second-order valence-corrected chi connectivity index (χ2v) is 5.21. The fourth-order valence-corrected chi connectivity index (χ4v) is 2.21. The summed E-state index contributed by atoms with van der Waals surface area (Å²) in [5.74, 6) is -0.566. The van der Waals surface area contributed by atoms with Crippen LogP contribution in [0.15, 0.2) is 35.4 Å². The van der Waals surface area contributed by atoms with Crippen molar-refractivity contribution in [1.82, 2.24) is 5.43 Å². The maximum atomic E-state index is 12.8. The average molecular weight is 328 g/mol. The van der Waals surface area contributed by atoms with Crippen molar-refractivity contribution in [2.24, 2.45) is 5.10 Å². The topological polar surface area (TPSA) is 84.6 Å². The van der Waals surface area contributed by atoms with Gasteiger partial charge in [0.1, 0.15) is 5.02 Å². The molecule has 0 atom stereocenters. The molecule has 0 saturated heterocycles. The number of amides is 1. The van der Waals surface area contributed by atoms with E-state index in [4.69, 9.17) is 11.6 Å². The fourth-order valence-electron chi connectivity index (χ4n) is 1.41. The summed E-state index contributed by atoms with van der Waals surface area (Å²) in [4.78, 5) is 21.8. The number of carbonyl (C=O) groups is 1. The number of nitro groups is 1. The zero-order chi connectivity index (χ0) is 15.4. The van der Waals surface area contributed by atoms with Gasteiger partial charge in [-0.2, -0.15) is 9.49 Å². The van der Waals surface area contributed by atoms with Gasteiger partial charge in [-0.25, -0.2) is 5.43 Å². The lowest BCUT2D eigenvalue weighted by atomic mass is 10.2. The monoisotopic (exact) mass is 327 g/mol. The Morgan fingerprint density at radius 2 is 2.19 bits per heavy atom. The van der Waals surface area contributed by atoms with Gasteiger partial charge in [-0.05, 0) is 18.2 Å². The van der Waals surface area contributed by atoms with Crippen LogP contribution < -0.4 is 5.43 Å². The van der Waals surface area contributed by atoms with Crippen LogP contribution in [0.1, 0.15) is 15.2 Å². The maximum Gasteiger partial charge on any atom is 0.288 e. The summed E-state index contributed by atoms with van der Waals surface area (Å²) in [7, 11) is 0. The van der Waals surface area contributed by atoms with Gasteiger partial charge in [-0.3, -0.25) is 14.9 Å². The first-order valence-corrected chi connectivity index (χ1v) is 6.69. The molecular weight excluding hydrogens is 321 g/mol. The Morgan fingerprint density at radius 3 is 2.81 bits per heavy atom. The molecule has 0 aliphatic rings. The Bertz CT molecular complexity index is 732. The van der Waals surface area contributed by atoms with E-state index in [1.807, 2.05) is 0 Å². The molecule has 1 N–H and O–H groups in total. The van der Waals surface area contributed by atoms with Crippen LogP contribution in [0.3, 0.4) is 0 Å². The summed E-state index contributed by atoms with van der Waals surface area (Å²) in [5.41, 5.74) is 2.33. The van der Waals surface area contributed by atoms with Gasteiger partial charge in [0.05, 0.1) is 16.0 Å². The van der Waals surface area contributed by atoms with Crippen LogP contribution in [0.2, 0.25) is 5.02 Å². The molecule has 0 fully saturated rings. The minimum atomic E-state index is -0.618. The Balaban J connectivity index is 2.06. The van der Waals surface area contributed by atoms with Crippen LogP contribution in [0.25, 0.3) is 0 Å². The molecule has 21 heavy (non-hydrogen) atoms. The molecule has 1 aromatic carbocycles. The molecule has 0 radical (unpaired) electrons. The molecule has 0 aliphatic carbocycles. The van der Waals surface area contributed by atoms with Crippen LogP contribution in [-0.4, -0.2) is 17.0 Å². The second-order valence-electron chi connectivity index (χ2n) is 3.77. The van der Waals surface area contributed by atoms with Crippen molar-refractivity contribution in [3.63, 3.8) is 0 Å². The third-order valence-corrected chi connectivity index (χ3v) is 3.54. The summed E-state index contributed by atoms with van der Waals surface area (Å²) >= 11 is 6.36. The largest absolute Gasteiger partial charge is 0.288 e. The highest BCUT2D eigenvalue weighted by atomic mass is 35.5. The van der Waals surface area contributed by atoms with Gasteiger partial charge in [0, 0.05) is 11.6 Å². The Kier molecular flexibility index (Phi) is 4.61. The first kappa shape index (κ1) is 15.1. The zero-order valence-corrected chi connectivity index (χ0v) is 11.8. The molecule has 108 valence electrons. The number of thiophene rings is 1. The fraction of sp³-hybridized carbons (Fsp3) is 0. The van der Waals surface area contributed by atoms with E-state index >= 15 is 0 Å². The third-order valence-electron chi connectivity index (χ3n) is 2.34. The number of nitrogens with zero attached hydrogens (tertiary/aromatic N) is 2. The lowest BCUT2D eigenvalue weighted by Crippen LogP contribution is -2.16. The summed E-state index contributed by atoms with van der Waals surface area (Å²) < 4.78 is 12.8. The predicted octanol–water partition coefficient (Wildman–Crippen LogP) is 3.21. The molecule has 0 spiro atoms. The van der Waals surface area contributed by atoms with Gasteiger partial charge < -0.3 is 0 Å². The minimum absolute atomic E-state index is 0.00949. The standard InChI is InChI=1S/C12H7ClFN3O3S/c13-8-2-1-7(5-9(8)17(19)20)6-15-16-12(18)10-3-4-11(14)21-10/h1-6H,(H,16,18). The second kappa shape index (κ2) is 6.42. The molecule has 1 aromatic heterocycles. The van der Waals surface area contributed by atoms with Crippen molar-refractivity contribution >= 4 is 40.7 Å². The van der Waals surface area contributed by atoms with E-state index in [0.29, 0.717) is 16.9 Å². The Labute approximate surface area is 127 Å². The van der Waals surface area contributed by atoms with E-state index in [1.165, 1.54) is 36.5 Å². The van der Waals surface area contributed by atoms with Crippen LogP contribution in [0.5, 0.6) is 0 Å². The molecule has 0 saturated carbocycles. The highest BCUT2D eigenvalue weighted by Crippen LogP contribution is 2.24. The first-order chi connectivity index (χ1) is 9.97. The van der Waals surface area contributed by atoms with Gasteiger partial charge >= 0.3 is 0 Å². The normalized spacial score (nSPS) is 10.8. The SMILES string of the molecule is O=C(NN=Cc1ccc(Cl)c([N+](=O)[O-])c1)c1ccc(F)s1. The molecule has 6 nitrogen and oxygen atoms in total. The molecule has 9 heteroatoms. The van der Waals surface area contributed by atoms with Crippen LogP contribution >= 0.6 is 22.9 Å². The molecule has 1 amide bonds. The number of benzene rings is 1. The Morgan fingerprint density at radius 1 is 1.43 bits per heavy atom. The highest BCUT2D eigenvalue weighted by molar-refractivity contribution is 7.12. The average Bonchev–Trinajstić information content (AvgIpc) is 2.87. The number of rotatable bonds is 4. The molecule has 2 rings (SSSR count). The molecule has 0 bridgehead atoms. The summed E-state index contributed by atoms with van der Waals surface area (Å²) in [6.07, 6.45) is 1.23.